The van der Waals surface area contributed by atoms with Gasteiger partial charge in [-0.3, -0.25) is 0 Å². The number of hydrogen-bond donors (Lipinski definition) is 3. The van der Waals surface area contributed by atoms with Crippen LogP contribution in [0.5, 0.6) is 0 Å². The number of pyridine rings is 1. The molecule has 0 radical (unpaired) electrons. The number of carboxylic acid groups (broad SMARTS) is 1. The maximum atomic E-state index is 12.0. The average molecular weight is 302 g/mol. The Hall–Kier alpha value is -1.51. The quantitative estimate of drug-likeness (QED) is 0.642. The Morgan fingerprint density at radius 3 is 2.60 bits per heavy atom. The van der Waals surface area contributed by atoms with Crippen LogP contribution >= 0.6 is 0 Å². The smallest absolute Gasteiger partial charge is 0.337 e. The van der Waals surface area contributed by atoms with Gasteiger partial charge >= 0.3 is 5.97 Å². The Bertz CT molecular complexity index is 541. The SMILES string of the molecule is CCC(CCO)CNS(=O)(=O)c1ccc(C(=O)O)cn1. The van der Waals surface area contributed by atoms with E-state index in [-0.39, 0.29) is 29.7 Å². The van der Waals surface area contributed by atoms with Gasteiger partial charge < -0.3 is 10.2 Å². The zero-order valence-corrected chi connectivity index (χ0v) is 11.9. The minimum Gasteiger partial charge on any atom is -0.478 e. The molecule has 0 aliphatic carbocycles. The minimum atomic E-state index is -3.76. The number of aliphatic hydroxyl groups is 1. The molecule has 0 aromatic carbocycles. The van der Waals surface area contributed by atoms with Crippen molar-refractivity contribution in [3.05, 3.63) is 23.9 Å². The van der Waals surface area contributed by atoms with Crippen molar-refractivity contribution in [2.75, 3.05) is 13.2 Å². The summed E-state index contributed by atoms with van der Waals surface area (Å²) in [5.41, 5.74) is -0.0735. The number of aromatic carboxylic acids is 1. The zero-order valence-electron chi connectivity index (χ0n) is 11.1. The van der Waals surface area contributed by atoms with Crippen LogP contribution in [0, 0.1) is 5.92 Å². The van der Waals surface area contributed by atoms with Gasteiger partial charge in [-0.15, -0.1) is 0 Å². The summed E-state index contributed by atoms with van der Waals surface area (Å²) in [6, 6.07) is 2.34. The second-order valence-corrected chi connectivity index (χ2v) is 6.04. The Kier molecular flexibility index (Phi) is 6.05. The number of sulfonamides is 1. The molecule has 1 unspecified atom stereocenters. The lowest BCUT2D eigenvalue weighted by molar-refractivity contribution is 0.0696. The molecule has 20 heavy (non-hydrogen) atoms. The highest BCUT2D eigenvalue weighted by molar-refractivity contribution is 7.89. The van der Waals surface area contributed by atoms with Gasteiger partial charge in [0.1, 0.15) is 0 Å². The molecule has 1 aromatic rings. The lowest BCUT2D eigenvalue weighted by atomic mass is 10.0. The van der Waals surface area contributed by atoms with Crippen molar-refractivity contribution in [1.82, 2.24) is 9.71 Å². The van der Waals surface area contributed by atoms with Gasteiger partial charge in [0.2, 0.25) is 0 Å². The Morgan fingerprint density at radius 2 is 2.15 bits per heavy atom. The first-order valence-corrected chi connectivity index (χ1v) is 7.69. The second kappa shape index (κ2) is 7.32. The summed E-state index contributed by atoms with van der Waals surface area (Å²) < 4.78 is 26.3. The second-order valence-electron chi connectivity index (χ2n) is 4.33. The lowest BCUT2D eigenvalue weighted by Gasteiger charge is -2.14. The summed E-state index contributed by atoms with van der Waals surface area (Å²) in [7, 11) is -3.76. The van der Waals surface area contributed by atoms with E-state index in [4.69, 9.17) is 10.2 Å². The largest absolute Gasteiger partial charge is 0.478 e. The first kappa shape index (κ1) is 16.5. The fourth-order valence-corrected chi connectivity index (χ4v) is 2.64. The number of rotatable bonds is 8. The van der Waals surface area contributed by atoms with Crippen molar-refractivity contribution in [3.8, 4) is 0 Å². The highest BCUT2D eigenvalue weighted by Crippen LogP contribution is 2.10. The van der Waals surface area contributed by atoms with Crippen molar-refractivity contribution >= 4 is 16.0 Å². The van der Waals surface area contributed by atoms with Crippen LogP contribution in [0.3, 0.4) is 0 Å². The Balaban J connectivity index is 2.75. The predicted octanol–water partition coefficient (Wildman–Crippen LogP) is 0.467. The summed E-state index contributed by atoms with van der Waals surface area (Å²) in [6.45, 7) is 2.13. The van der Waals surface area contributed by atoms with E-state index >= 15 is 0 Å². The fourth-order valence-electron chi connectivity index (χ4n) is 1.60. The maximum Gasteiger partial charge on any atom is 0.337 e. The third-order valence-electron chi connectivity index (χ3n) is 2.94. The first-order chi connectivity index (χ1) is 9.40. The standard InChI is InChI=1S/C12H18N2O5S/c1-2-9(5-6-15)7-14-20(18,19)11-4-3-10(8-13-11)12(16)17/h3-4,8-9,14-15H,2,5-7H2,1H3,(H,16,17). The molecule has 0 spiro atoms. The Labute approximate surface area is 117 Å². The molecule has 1 atom stereocenters. The predicted molar refractivity (Wildman–Crippen MR) is 71.9 cm³/mol. The van der Waals surface area contributed by atoms with Crippen LogP contribution in [0.1, 0.15) is 30.1 Å². The molecular formula is C12H18N2O5S. The van der Waals surface area contributed by atoms with Crippen LogP contribution in [-0.4, -0.2) is 42.7 Å². The molecule has 1 aromatic heterocycles. The van der Waals surface area contributed by atoms with Gasteiger partial charge in [-0.1, -0.05) is 13.3 Å². The number of nitrogens with zero attached hydrogens (tertiary/aromatic N) is 1. The van der Waals surface area contributed by atoms with E-state index in [0.717, 1.165) is 18.7 Å². The van der Waals surface area contributed by atoms with Crippen LogP contribution in [-0.2, 0) is 10.0 Å². The van der Waals surface area contributed by atoms with E-state index in [1.54, 1.807) is 0 Å². The number of nitrogens with one attached hydrogen (secondary N) is 1. The van der Waals surface area contributed by atoms with E-state index in [1.807, 2.05) is 6.92 Å². The van der Waals surface area contributed by atoms with Crippen LogP contribution in [0.2, 0.25) is 0 Å². The van der Waals surface area contributed by atoms with Crippen molar-refractivity contribution in [2.45, 2.75) is 24.8 Å². The molecule has 8 heteroatoms. The first-order valence-electron chi connectivity index (χ1n) is 6.20. The molecule has 1 rings (SSSR count). The van der Waals surface area contributed by atoms with Gasteiger partial charge in [0.05, 0.1) is 5.56 Å². The molecule has 0 bridgehead atoms. The van der Waals surface area contributed by atoms with Crippen molar-refractivity contribution in [2.24, 2.45) is 5.92 Å². The van der Waals surface area contributed by atoms with E-state index in [0.29, 0.717) is 6.42 Å². The molecule has 112 valence electrons. The number of carbonyl (C=O) groups is 1. The van der Waals surface area contributed by atoms with Gasteiger partial charge in [0, 0.05) is 19.3 Å². The summed E-state index contributed by atoms with van der Waals surface area (Å²) >= 11 is 0. The number of carboxylic acids is 1. The van der Waals surface area contributed by atoms with Crippen LogP contribution in [0.15, 0.2) is 23.4 Å². The fraction of sp³-hybridized carbons (Fsp3) is 0.500. The number of aliphatic hydroxyl groups excluding tert-OH is 1. The topological polar surface area (TPSA) is 117 Å². The van der Waals surface area contributed by atoms with Gasteiger partial charge in [0.25, 0.3) is 10.0 Å². The third-order valence-corrected chi connectivity index (χ3v) is 4.27. The van der Waals surface area contributed by atoms with Gasteiger partial charge in [0.15, 0.2) is 5.03 Å². The van der Waals surface area contributed by atoms with Crippen molar-refractivity contribution < 1.29 is 23.4 Å². The Morgan fingerprint density at radius 1 is 1.45 bits per heavy atom. The lowest BCUT2D eigenvalue weighted by Crippen LogP contribution is -2.30. The number of aromatic nitrogens is 1. The van der Waals surface area contributed by atoms with E-state index in [9.17, 15) is 13.2 Å². The van der Waals surface area contributed by atoms with Gasteiger partial charge in [-0.05, 0) is 24.5 Å². The molecule has 3 N–H and O–H groups in total. The van der Waals surface area contributed by atoms with E-state index < -0.39 is 16.0 Å². The maximum absolute atomic E-state index is 12.0. The summed E-state index contributed by atoms with van der Waals surface area (Å²) in [5, 5.41) is 17.3. The minimum absolute atomic E-state index is 0.00575. The molecular weight excluding hydrogens is 284 g/mol. The molecule has 7 nitrogen and oxygen atoms in total. The van der Waals surface area contributed by atoms with Crippen LogP contribution < -0.4 is 4.72 Å². The monoisotopic (exact) mass is 302 g/mol. The zero-order chi connectivity index (χ0) is 15.2. The average Bonchev–Trinajstić information content (AvgIpc) is 2.43. The molecule has 0 saturated heterocycles. The molecule has 0 fully saturated rings. The summed E-state index contributed by atoms with van der Waals surface area (Å²) in [5.74, 6) is -1.11. The van der Waals surface area contributed by atoms with Crippen LogP contribution in [0.25, 0.3) is 0 Å². The van der Waals surface area contributed by atoms with Crippen molar-refractivity contribution in [1.29, 1.82) is 0 Å². The van der Waals surface area contributed by atoms with Gasteiger partial charge in [-0.2, -0.15) is 0 Å². The molecule has 0 saturated carbocycles. The summed E-state index contributed by atoms with van der Waals surface area (Å²) in [4.78, 5) is 14.3. The van der Waals surface area contributed by atoms with Crippen molar-refractivity contribution in [3.63, 3.8) is 0 Å². The molecule has 0 amide bonds. The highest BCUT2D eigenvalue weighted by atomic mass is 32.2. The third kappa shape index (κ3) is 4.55. The van der Waals surface area contributed by atoms with Gasteiger partial charge in [-0.25, -0.2) is 22.9 Å². The van der Waals surface area contributed by atoms with E-state index in [1.165, 1.54) is 6.07 Å². The van der Waals surface area contributed by atoms with Crippen LogP contribution in [0.4, 0.5) is 0 Å². The molecule has 1 heterocycles. The highest BCUT2D eigenvalue weighted by Gasteiger charge is 2.18. The number of hydrogen-bond acceptors (Lipinski definition) is 5. The normalized spacial score (nSPS) is 13.1. The molecule has 0 aliphatic heterocycles. The molecule has 0 aliphatic rings. The summed E-state index contributed by atoms with van der Waals surface area (Å²) in [6.07, 6.45) is 2.26. The van der Waals surface area contributed by atoms with E-state index in [2.05, 4.69) is 9.71 Å².